The maximum atomic E-state index is 10.4. The Labute approximate surface area is 180 Å². The predicted molar refractivity (Wildman–Crippen MR) is 134 cm³/mol. The third-order valence-corrected chi connectivity index (χ3v) is 7.18. The van der Waals surface area contributed by atoms with Gasteiger partial charge in [-0.3, -0.25) is 0 Å². The van der Waals surface area contributed by atoms with Crippen LogP contribution >= 0.6 is 0 Å². The summed E-state index contributed by atoms with van der Waals surface area (Å²) < 4.78 is 0. The lowest BCUT2D eigenvalue weighted by molar-refractivity contribution is 0.00565. The fourth-order valence-corrected chi connectivity index (χ4v) is 5.06. The van der Waals surface area contributed by atoms with Crippen LogP contribution in [0.4, 0.5) is 0 Å². The summed E-state index contributed by atoms with van der Waals surface area (Å²) in [5.74, 6) is 0. The number of rotatable bonds is 10. The second kappa shape index (κ2) is 10.0. The molecule has 29 heavy (non-hydrogen) atoms. The van der Waals surface area contributed by atoms with Crippen LogP contribution in [0.2, 0.25) is 18.5 Å². The highest BCUT2D eigenvalue weighted by Crippen LogP contribution is 2.64. The van der Waals surface area contributed by atoms with Crippen molar-refractivity contribution in [3.63, 3.8) is 0 Å². The van der Waals surface area contributed by atoms with Crippen LogP contribution in [-0.2, 0) is 0 Å². The molecule has 0 aromatic heterocycles. The van der Waals surface area contributed by atoms with E-state index < -0.39 is 0 Å². The number of hydrogen-bond acceptors (Lipinski definition) is 1. The molecule has 0 heterocycles. The molecule has 156 valence electrons. The quantitative estimate of drug-likeness (QED) is 0.217. The van der Waals surface area contributed by atoms with Crippen LogP contribution in [0.3, 0.4) is 0 Å². The smallest absolute Gasteiger partial charge is 0.154 e. The number of allylic oxidation sites excluding steroid dienone is 5. The summed E-state index contributed by atoms with van der Waals surface area (Å²) in [7, 11) is 2.01. The van der Waals surface area contributed by atoms with Gasteiger partial charge in [-0.1, -0.05) is 69.0 Å². The van der Waals surface area contributed by atoms with Crippen LogP contribution in [0.5, 0.6) is 0 Å². The van der Waals surface area contributed by atoms with Gasteiger partial charge in [0.2, 0.25) is 0 Å². The second-order valence-electron chi connectivity index (χ2n) is 9.65. The highest BCUT2D eigenvalue weighted by atomic mass is 16.3. The van der Waals surface area contributed by atoms with Crippen molar-refractivity contribution < 1.29 is 5.11 Å². The van der Waals surface area contributed by atoms with Crippen LogP contribution in [0.15, 0.2) is 48.6 Å². The van der Waals surface area contributed by atoms with Gasteiger partial charge in [-0.15, -0.1) is 6.58 Å². The number of aliphatic hydroxyl groups excluding tert-OH is 1. The molecule has 1 atom stereocenters. The number of benzene rings is 1. The first-order chi connectivity index (χ1) is 13.7. The lowest BCUT2D eigenvalue weighted by Gasteiger charge is -2.58. The summed E-state index contributed by atoms with van der Waals surface area (Å²) in [5, 5.41) is 10.6. The van der Waals surface area contributed by atoms with Gasteiger partial charge in [-0.05, 0) is 79.4 Å². The van der Waals surface area contributed by atoms with E-state index in [0.717, 1.165) is 33.0 Å². The van der Waals surface area contributed by atoms with Gasteiger partial charge in [0, 0.05) is 6.00 Å². The minimum absolute atomic E-state index is 0.0674. The molecule has 0 spiro atoms. The van der Waals surface area contributed by atoms with Crippen LogP contribution < -0.4 is 0 Å². The molecule has 0 bridgehead atoms. The Bertz CT molecular complexity index is 769. The Morgan fingerprint density at radius 1 is 1.28 bits per heavy atom. The molecule has 1 aromatic carbocycles. The zero-order chi connectivity index (χ0) is 21.7. The summed E-state index contributed by atoms with van der Waals surface area (Å²) in [6, 6.07) is 6.58. The Hall–Kier alpha value is -1.47. The topological polar surface area (TPSA) is 20.2 Å². The maximum Gasteiger partial charge on any atom is 0.154 e. The SMILES string of the molecule is C=C(C)C1(BCC/C=C(\C=C\CC)c2ccc(C)c(C)c2)CC(C)(C(O)BC)C1. The maximum absolute atomic E-state index is 10.4. The molecule has 3 heteroatoms. The van der Waals surface area contributed by atoms with Crippen molar-refractivity contribution >= 4 is 20.1 Å². The molecule has 1 fully saturated rings. The van der Waals surface area contributed by atoms with E-state index in [1.807, 2.05) is 0 Å². The Morgan fingerprint density at radius 2 is 1.97 bits per heavy atom. The molecule has 1 aromatic rings. The predicted octanol–water partition coefficient (Wildman–Crippen LogP) is 6.24. The molecular formula is C26H40B2O. The van der Waals surface area contributed by atoms with Gasteiger partial charge in [0.05, 0.1) is 0 Å². The average Bonchev–Trinajstić information content (AvgIpc) is 2.66. The molecule has 0 amide bonds. The third kappa shape index (κ3) is 5.57. The number of aliphatic hydroxyl groups is 1. The monoisotopic (exact) mass is 390 g/mol. The minimum atomic E-state index is -0.189. The third-order valence-electron chi connectivity index (χ3n) is 7.18. The van der Waals surface area contributed by atoms with Gasteiger partial charge in [0.25, 0.3) is 0 Å². The molecule has 0 aliphatic heterocycles. The van der Waals surface area contributed by atoms with Gasteiger partial charge >= 0.3 is 0 Å². The van der Waals surface area contributed by atoms with E-state index in [9.17, 15) is 5.11 Å². The van der Waals surface area contributed by atoms with Gasteiger partial charge < -0.3 is 5.11 Å². The summed E-state index contributed by atoms with van der Waals surface area (Å²) >= 11 is 0. The molecule has 1 aliphatic rings. The highest BCUT2D eigenvalue weighted by molar-refractivity contribution is 6.42. The fourth-order valence-electron chi connectivity index (χ4n) is 5.06. The Morgan fingerprint density at radius 3 is 2.52 bits per heavy atom. The number of aryl methyl sites for hydroxylation is 2. The summed E-state index contributed by atoms with van der Waals surface area (Å²) in [6.45, 7) is 17.4. The molecule has 1 unspecified atom stereocenters. The molecule has 2 rings (SSSR count). The average molecular weight is 390 g/mol. The standard InChI is InChI=1S/C26H40B2O/c1-8-9-11-22(23-14-13-20(4)21(5)16-23)12-10-15-28-26(19(2)3)17-25(6,18-26)24(29)27-7/h9,11-14,16,24,27-29H,2,8,10,15,17-18H2,1,3-7H3/b11-9+,22-12+. The van der Waals surface area contributed by atoms with Gasteiger partial charge in [-0.2, -0.15) is 0 Å². The lowest BCUT2D eigenvalue weighted by atomic mass is 9.31. The lowest BCUT2D eigenvalue weighted by Crippen LogP contribution is -2.51. The van der Waals surface area contributed by atoms with Gasteiger partial charge in [0.15, 0.2) is 7.28 Å². The first-order valence-electron chi connectivity index (χ1n) is 11.5. The fraction of sp³-hybridized carbons (Fsp3) is 0.538. The molecular weight excluding hydrogens is 350 g/mol. The highest BCUT2D eigenvalue weighted by Gasteiger charge is 2.54. The van der Waals surface area contributed by atoms with Crippen molar-refractivity contribution in [1.82, 2.24) is 0 Å². The first kappa shape index (κ1) is 23.8. The second-order valence-corrected chi connectivity index (χ2v) is 9.65. The van der Waals surface area contributed by atoms with E-state index in [1.165, 1.54) is 41.4 Å². The summed E-state index contributed by atoms with van der Waals surface area (Å²) in [6.07, 6.45) is 12.4. The van der Waals surface area contributed by atoms with Gasteiger partial charge in [-0.25, -0.2) is 0 Å². The van der Waals surface area contributed by atoms with E-state index in [0.29, 0.717) is 0 Å². The van der Waals surface area contributed by atoms with Crippen molar-refractivity contribution in [2.45, 2.75) is 84.8 Å². The zero-order valence-corrected chi connectivity index (χ0v) is 19.6. The number of hydrogen-bond donors (Lipinski definition) is 1. The van der Waals surface area contributed by atoms with E-state index in [4.69, 9.17) is 0 Å². The van der Waals surface area contributed by atoms with Crippen LogP contribution in [0.25, 0.3) is 5.57 Å². The first-order valence-corrected chi connectivity index (χ1v) is 11.5. The zero-order valence-electron chi connectivity index (χ0n) is 19.6. The molecule has 0 saturated heterocycles. The van der Waals surface area contributed by atoms with Crippen LogP contribution in [-0.4, -0.2) is 25.7 Å². The Balaban J connectivity index is 2.05. The van der Waals surface area contributed by atoms with Crippen LogP contribution in [0.1, 0.15) is 63.1 Å². The van der Waals surface area contributed by atoms with E-state index in [1.54, 1.807) is 0 Å². The molecule has 1 nitrogen and oxygen atoms in total. The summed E-state index contributed by atoms with van der Waals surface area (Å²) in [4.78, 5) is 0. The van der Waals surface area contributed by atoms with Crippen molar-refractivity contribution in [3.8, 4) is 0 Å². The van der Waals surface area contributed by atoms with Crippen molar-refractivity contribution in [3.05, 3.63) is 65.3 Å². The summed E-state index contributed by atoms with van der Waals surface area (Å²) in [5.41, 5.74) is 6.70. The molecule has 1 saturated carbocycles. The van der Waals surface area contributed by atoms with Crippen molar-refractivity contribution in [2.75, 3.05) is 0 Å². The minimum Gasteiger partial charge on any atom is -0.401 e. The molecule has 1 N–H and O–H groups in total. The largest absolute Gasteiger partial charge is 0.401 e. The van der Waals surface area contributed by atoms with E-state index in [-0.39, 0.29) is 16.7 Å². The van der Waals surface area contributed by atoms with E-state index >= 15 is 0 Å². The normalized spacial score (nSPS) is 25.6. The molecule has 0 radical (unpaired) electrons. The van der Waals surface area contributed by atoms with Crippen LogP contribution in [0, 0.1) is 19.3 Å². The molecule has 1 aliphatic carbocycles. The Kier molecular flexibility index (Phi) is 8.23. The van der Waals surface area contributed by atoms with Crippen molar-refractivity contribution in [1.29, 1.82) is 0 Å². The van der Waals surface area contributed by atoms with Gasteiger partial charge in [0.1, 0.15) is 7.28 Å². The van der Waals surface area contributed by atoms with Crippen molar-refractivity contribution in [2.24, 2.45) is 5.41 Å². The van der Waals surface area contributed by atoms with E-state index in [2.05, 4.69) is 84.4 Å².